The summed E-state index contributed by atoms with van der Waals surface area (Å²) in [6, 6.07) is 24.7. The number of carboxylic acid groups (broad SMARTS) is 1. The lowest BCUT2D eigenvalue weighted by Crippen LogP contribution is -2.24. The minimum atomic E-state index is -1.19. The molecule has 0 radical (unpaired) electrons. The molecule has 0 bridgehead atoms. The van der Waals surface area contributed by atoms with Gasteiger partial charge in [0.2, 0.25) is 0 Å². The van der Waals surface area contributed by atoms with Crippen LogP contribution in [0.1, 0.15) is 72.8 Å². The van der Waals surface area contributed by atoms with Gasteiger partial charge in [0.1, 0.15) is 0 Å². The van der Waals surface area contributed by atoms with E-state index in [2.05, 4.69) is 82.7 Å². The van der Waals surface area contributed by atoms with Crippen molar-refractivity contribution in [2.75, 3.05) is 17.2 Å². The number of carbonyl (C=O) groups is 1. The minimum Gasteiger partial charge on any atom is -0.486 e. The first kappa shape index (κ1) is 32.2. The number of anilines is 2. The van der Waals surface area contributed by atoms with E-state index in [1.165, 1.54) is 107 Å². The summed E-state index contributed by atoms with van der Waals surface area (Å²) < 4.78 is 0. The molecule has 0 saturated heterocycles. The van der Waals surface area contributed by atoms with Crippen LogP contribution in [0.5, 0.6) is 0 Å². The lowest BCUT2D eigenvalue weighted by molar-refractivity contribution is -0.132. The Bertz CT molecular complexity index is 1830. The summed E-state index contributed by atoms with van der Waals surface area (Å²) in [6.07, 6.45) is 15.3. The number of unbranched alkanes of at least 4 members (excludes halogenated alkanes) is 5. The van der Waals surface area contributed by atoms with E-state index in [1.54, 1.807) is 11.3 Å². The fourth-order valence-corrected chi connectivity index (χ4v) is 10.2. The summed E-state index contributed by atoms with van der Waals surface area (Å²) in [6.45, 7) is 10.4. The monoisotopic (exact) mass is 664 g/mol. The normalized spacial score (nSPS) is 16.1. The van der Waals surface area contributed by atoms with Gasteiger partial charge in [0.05, 0.1) is 6.57 Å². The van der Waals surface area contributed by atoms with Crippen molar-refractivity contribution in [2.45, 2.75) is 69.6 Å². The van der Waals surface area contributed by atoms with Crippen molar-refractivity contribution in [3.63, 3.8) is 0 Å². The Morgan fingerprint density at radius 2 is 1.72 bits per heavy atom. The Hall–Kier alpha value is -3.70. The number of benzene rings is 2. The molecule has 236 valence electrons. The van der Waals surface area contributed by atoms with Crippen molar-refractivity contribution < 1.29 is 9.90 Å². The molecule has 2 aromatic carbocycles. The maximum atomic E-state index is 11.2. The summed E-state index contributed by atoms with van der Waals surface area (Å²) >= 11 is 3.28. The van der Waals surface area contributed by atoms with Gasteiger partial charge in [0, 0.05) is 48.1 Å². The molecule has 1 atom stereocenters. The molecule has 2 aromatic heterocycles. The van der Waals surface area contributed by atoms with Gasteiger partial charge < -0.3 is 10.0 Å². The Balaban J connectivity index is 1.11. The smallest absolute Gasteiger partial charge is 0.333 e. The largest absolute Gasteiger partial charge is 0.486 e. The highest BCUT2D eigenvalue weighted by Crippen LogP contribution is 2.42. The van der Waals surface area contributed by atoms with Crippen LogP contribution in [0.4, 0.5) is 11.4 Å². The molecule has 2 aliphatic rings. The summed E-state index contributed by atoms with van der Waals surface area (Å²) in [5, 5.41) is 11.6. The number of thiophene rings is 2. The molecule has 2 aliphatic heterocycles. The second kappa shape index (κ2) is 15.3. The molecule has 46 heavy (non-hydrogen) atoms. The fourth-order valence-electron chi connectivity index (χ4n) is 6.17. The van der Waals surface area contributed by atoms with Gasteiger partial charge in [-0.05, 0) is 108 Å². The zero-order valence-corrected chi connectivity index (χ0v) is 28.8. The van der Waals surface area contributed by atoms with Crippen LogP contribution in [0.25, 0.3) is 26.2 Å². The van der Waals surface area contributed by atoms with Crippen molar-refractivity contribution >= 4 is 67.5 Å². The van der Waals surface area contributed by atoms with Crippen LogP contribution in [-0.4, -0.2) is 28.7 Å². The number of aliphatic carboxylic acids is 1. The third kappa shape index (κ3) is 7.63. The predicted octanol–water partition coefficient (Wildman–Crippen LogP) is 11.3. The number of fused-ring (bicyclic) bond motifs is 1. The highest BCUT2D eigenvalue weighted by Gasteiger charge is 2.20. The third-order valence-corrected chi connectivity index (χ3v) is 13.0. The first-order valence-corrected chi connectivity index (χ1v) is 19.4. The van der Waals surface area contributed by atoms with E-state index in [9.17, 15) is 9.90 Å². The molecule has 6 rings (SSSR count). The zero-order valence-electron chi connectivity index (χ0n) is 26.3. The highest BCUT2D eigenvalue weighted by atomic mass is 32.2. The van der Waals surface area contributed by atoms with E-state index in [-0.39, 0.29) is 16.2 Å². The standard InChI is InChI=1S/C39H40N2O2S3/c1-3-4-5-6-7-8-10-28-12-14-31(15-13-28)41-23-9-11-29-25-33(17-18-35(29)41)46-24-22-30(27-46)36-20-21-38(45-36)37-19-16-32(44-37)26-34(40-2)39(42)43/h12-22,25-27H,3-11,23-24H2,1H3,(H,42,43). The van der Waals surface area contributed by atoms with E-state index in [1.807, 2.05) is 12.1 Å². The van der Waals surface area contributed by atoms with Crippen molar-refractivity contribution in [2.24, 2.45) is 0 Å². The molecule has 0 saturated carbocycles. The van der Waals surface area contributed by atoms with Gasteiger partial charge in [0.15, 0.2) is 0 Å². The maximum absolute atomic E-state index is 11.2. The Morgan fingerprint density at radius 3 is 2.52 bits per heavy atom. The van der Waals surface area contributed by atoms with Crippen LogP contribution in [0.2, 0.25) is 0 Å². The van der Waals surface area contributed by atoms with Gasteiger partial charge in [-0.2, -0.15) is 10.5 Å². The molecule has 4 aromatic rings. The average molecular weight is 665 g/mol. The number of carboxylic acids is 1. The number of allylic oxidation sites excluding steroid dienone is 1. The summed E-state index contributed by atoms with van der Waals surface area (Å²) in [5.41, 5.74) is 6.61. The Kier molecular flexibility index (Phi) is 10.7. The van der Waals surface area contributed by atoms with Gasteiger partial charge in [-0.3, -0.25) is 4.79 Å². The second-order valence-corrected chi connectivity index (χ2v) is 16.0. The zero-order chi connectivity index (χ0) is 31.9. The lowest BCUT2D eigenvalue weighted by atomic mass is 10.00. The van der Waals surface area contributed by atoms with E-state index in [4.69, 9.17) is 6.57 Å². The highest BCUT2D eigenvalue weighted by molar-refractivity contribution is 8.16. The number of hydrogen-bond donors (Lipinski definition) is 1. The van der Waals surface area contributed by atoms with Gasteiger partial charge in [0.25, 0.3) is 5.70 Å². The van der Waals surface area contributed by atoms with Crippen LogP contribution >= 0.6 is 33.2 Å². The maximum Gasteiger partial charge on any atom is 0.333 e. The Morgan fingerprint density at radius 1 is 0.957 bits per heavy atom. The summed E-state index contributed by atoms with van der Waals surface area (Å²) in [7, 11) is 0.0535. The average Bonchev–Trinajstić information content (AvgIpc) is 3.86. The molecule has 0 spiro atoms. The second-order valence-electron chi connectivity index (χ2n) is 11.9. The van der Waals surface area contributed by atoms with Crippen LogP contribution < -0.4 is 4.90 Å². The quantitative estimate of drug-likeness (QED) is 0.0669. The van der Waals surface area contributed by atoms with Crippen molar-refractivity contribution in [3.8, 4) is 9.75 Å². The Labute approximate surface area is 283 Å². The number of hydrogen-bond acceptors (Lipinski definition) is 4. The molecule has 0 aliphatic carbocycles. The molecule has 0 amide bonds. The van der Waals surface area contributed by atoms with Gasteiger partial charge in [-0.15, -0.1) is 22.7 Å². The van der Waals surface area contributed by atoms with Gasteiger partial charge in [-0.1, -0.05) is 57.2 Å². The summed E-state index contributed by atoms with van der Waals surface area (Å²) in [5.74, 6) is -0.157. The van der Waals surface area contributed by atoms with Crippen molar-refractivity contribution in [1.29, 1.82) is 0 Å². The van der Waals surface area contributed by atoms with Crippen LogP contribution in [0.15, 0.2) is 83.4 Å². The molecule has 4 heterocycles. The molecule has 1 unspecified atom stereocenters. The van der Waals surface area contributed by atoms with Crippen LogP contribution in [0, 0.1) is 6.57 Å². The molecule has 1 N–H and O–H groups in total. The fraction of sp³-hybridized carbons (Fsp3) is 0.308. The molecule has 7 heteroatoms. The lowest BCUT2D eigenvalue weighted by Gasteiger charge is -2.32. The molecular formula is C39H40N2O2S3. The van der Waals surface area contributed by atoms with E-state index in [0.29, 0.717) is 0 Å². The SMILES string of the molecule is [C-]#[N+]C(=Cc1ccc(-c2ccc(C3=CCS(c4ccc5c(c4)CCCN5c4ccc(CCCCCCCC)cc4)=C3)s2)s1)C(=O)O. The predicted molar refractivity (Wildman–Crippen MR) is 200 cm³/mol. The number of nitrogens with zero attached hydrogens (tertiary/aromatic N) is 2. The van der Waals surface area contributed by atoms with Crippen LogP contribution in [0.3, 0.4) is 0 Å². The first-order valence-electron chi connectivity index (χ1n) is 16.3. The minimum absolute atomic E-state index is 0.0535. The topological polar surface area (TPSA) is 44.9 Å². The van der Waals surface area contributed by atoms with E-state index in [0.717, 1.165) is 33.3 Å². The van der Waals surface area contributed by atoms with E-state index < -0.39 is 5.97 Å². The molecular weight excluding hydrogens is 625 g/mol. The van der Waals surface area contributed by atoms with Crippen molar-refractivity contribution in [3.05, 3.63) is 111 Å². The molecule has 0 fully saturated rings. The molecule has 4 nitrogen and oxygen atoms in total. The van der Waals surface area contributed by atoms with Gasteiger partial charge >= 0.3 is 5.97 Å². The van der Waals surface area contributed by atoms with Crippen molar-refractivity contribution in [1.82, 2.24) is 0 Å². The van der Waals surface area contributed by atoms with E-state index >= 15 is 0 Å². The number of rotatable bonds is 13. The van der Waals surface area contributed by atoms with Gasteiger partial charge in [-0.25, -0.2) is 4.85 Å². The third-order valence-electron chi connectivity index (χ3n) is 8.67. The van der Waals surface area contributed by atoms with Crippen LogP contribution in [-0.2, 0) is 17.6 Å². The first-order chi connectivity index (χ1) is 22.5. The number of aryl methyl sites for hydroxylation is 2. The summed E-state index contributed by atoms with van der Waals surface area (Å²) in [4.78, 5) is 22.5.